The zero-order chi connectivity index (χ0) is 11.2. The third kappa shape index (κ3) is 995. The number of carbonyl (C=O) groups is 1. The maximum Gasteiger partial charge on any atom is 0.214 e. The summed E-state index contributed by atoms with van der Waals surface area (Å²) in [4.78, 5) is 9.22. The summed E-state index contributed by atoms with van der Waals surface area (Å²) in [6, 6.07) is 0. The lowest BCUT2D eigenvalue weighted by atomic mass is 10.3. The minimum atomic E-state index is -0.333. The molecule has 0 saturated heterocycles. The maximum atomic E-state index is 9.22. The zero-order valence-corrected chi connectivity index (χ0v) is 9.48. The van der Waals surface area contributed by atoms with E-state index in [4.69, 9.17) is 0 Å². The van der Waals surface area contributed by atoms with Crippen molar-refractivity contribution in [2.75, 3.05) is 0 Å². The van der Waals surface area contributed by atoms with Gasteiger partial charge in [-0.2, -0.15) is 0 Å². The highest BCUT2D eigenvalue weighted by Gasteiger charge is 1.68. The van der Waals surface area contributed by atoms with Gasteiger partial charge in [0, 0.05) is 6.92 Å². The van der Waals surface area contributed by atoms with Crippen LogP contribution in [0.4, 0.5) is 0 Å². The van der Waals surface area contributed by atoms with Crippen LogP contribution in [0, 0.1) is 5.92 Å². The summed E-state index contributed by atoms with van der Waals surface area (Å²) in [5.74, 6) is 0.500. The number of nitrogens with two attached hydrogens (primary N) is 1. The molecule has 12 heavy (non-hydrogen) atoms. The molecule has 0 rings (SSSR count). The van der Waals surface area contributed by atoms with Crippen molar-refractivity contribution in [2.24, 2.45) is 11.7 Å². The van der Waals surface area contributed by atoms with Crippen LogP contribution in [-0.4, -0.2) is 5.91 Å². The third-order valence-electron chi connectivity index (χ3n) is 0. The summed E-state index contributed by atoms with van der Waals surface area (Å²) in [5, 5.41) is 0. The SMILES string of the molecule is C=C.CC.CC(C)C.CC(N)=O. The molecule has 2 heteroatoms. The maximum absolute atomic E-state index is 9.22. The van der Waals surface area contributed by atoms with Crippen LogP contribution in [0.5, 0.6) is 0 Å². The molecule has 2 N–H and O–H groups in total. The first kappa shape index (κ1) is 22.5. The lowest BCUT2D eigenvalue weighted by molar-refractivity contribution is -0.115. The fourth-order valence-electron chi connectivity index (χ4n) is 0. The van der Waals surface area contributed by atoms with E-state index in [9.17, 15) is 4.79 Å². The molecule has 0 fully saturated rings. The Bertz CT molecular complexity index is 63.5. The molecule has 0 aromatic rings. The molecular formula is C10H25NO. The first-order valence-corrected chi connectivity index (χ1v) is 4.22. The van der Waals surface area contributed by atoms with Crippen molar-refractivity contribution in [1.82, 2.24) is 0 Å². The summed E-state index contributed by atoms with van der Waals surface area (Å²) in [6.07, 6.45) is 0. The third-order valence-corrected chi connectivity index (χ3v) is 0. The smallest absolute Gasteiger partial charge is 0.214 e. The molecule has 0 radical (unpaired) electrons. The van der Waals surface area contributed by atoms with Gasteiger partial charge in [0.25, 0.3) is 0 Å². The average Bonchev–Trinajstić information content (AvgIpc) is 1.93. The van der Waals surface area contributed by atoms with Crippen molar-refractivity contribution in [3.05, 3.63) is 13.2 Å². The minimum absolute atomic E-state index is 0.333. The number of hydrogen-bond acceptors (Lipinski definition) is 1. The topological polar surface area (TPSA) is 43.1 Å². The Morgan fingerprint density at radius 2 is 1.17 bits per heavy atom. The number of amides is 1. The second kappa shape index (κ2) is 31.9. The van der Waals surface area contributed by atoms with Gasteiger partial charge in [-0.25, -0.2) is 0 Å². The van der Waals surface area contributed by atoms with Crippen molar-refractivity contribution in [2.45, 2.75) is 41.5 Å². The van der Waals surface area contributed by atoms with Gasteiger partial charge in [0.15, 0.2) is 0 Å². The van der Waals surface area contributed by atoms with Gasteiger partial charge in [0.1, 0.15) is 0 Å². The van der Waals surface area contributed by atoms with E-state index in [-0.39, 0.29) is 5.91 Å². The Kier molecular flexibility index (Phi) is 59.8. The predicted molar refractivity (Wildman–Crippen MR) is 58.0 cm³/mol. The Morgan fingerprint density at radius 3 is 1.17 bits per heavy atom. The molecule has 0 unspecified atom stereocenters. The van der Waals surface area contributed by atoms with Crippen LogP contribution >= 0.6 is 0 Å². The highest BCUT2D eigenvalue weighted by molar-refractivity contribution is 5.70. The number of hydrogen-bond donors (Lipinski definition) is 1. The van der Waals surface area contributed by atoms with E-state index < -0.39 is 0 Å². The number of primary amides is 1. The van der Waals surface area contributed by atoms with Crippen LogP contribution in [0.15, 0.2) is 13.2 Å². The van der Waals surface area contributed by atoms with Crippen molar-refractivity contribution in [3.63, 3.8) is 0 Å². The van der Waals surface area contributed by atoms with Gasteiger partial charge in [-0.05, 0) is 5.92 Å². The van der Waals surface area contributed by atoms with Crippen LogP contribution in [-0.2, 0) is 4.79 Å². The summed E-state index contributed by atoms with van der Waals surface area (Å²) in [5.41, 5.74) is 4.47. The van der Waals surface area contributed by atoms with Crippen molar-refractivity contribution < 1.29 is 4.79 Å². The molecular weight excluding hydrogens is 150 g/mol. The molecule has 0 aliphatic rings. The first-order valence-electron chi connectivity index (χ1n) is 4.22. The molecule has 76 valence electrons. The van der Waals surface area contributed by atoms with Crippen molar-refractivity contribution in [3.8, 4) is 0 Å². The van der Waals surface area contributed by atoms with Crippen LogP contribution < -0.4 is 5.73 Å². The van der Waals surface area contributed by atoms with Gasteiger partial charge in [0.2, 0.25) is 5.91 Å². The van der Waals surface area contributed by atoms with E-state index in [2.05, 4.69) is 39.7 Å². The molecule has 0 saturated carbocycles. The Balaban J connectivity index is -0.0000000380. The molecule has 1 amide bonds. The minimum Gasteiger partial charge on any atom is -0.370 e. The molecule has 0 aliphatic carbocycles. The summed E-state index contributed by atoms with van der Waals surface area (Å²) < 4.78 is 0. The lowest BCUT2D eigenvalue weighted by Gasteiger charge is -1.79. The van der Waals surface area contributed by atoms with Crippen LogP contribution in [0.3, 0.4) is 0 Å². The monoisotopic (exact) mass is 175 g/mol. The van der Waals surface area contributed by atoms with E-state index in [1.54, 1.807) is 0 Å². The summed E-state index contributed by atoms with van der Waals surface area (Å²) in [6.45, 7) is 17.8. The van der Waals surface area contributed by atoms with Gasteiger partial charge in [-0.3, -0.25) is 4.79 Å². The number of rotatable bonds is 0. The number of carbonyl (C=O) groups excluding carboxylic acids is 1. The largest absolute Gasteiger partial charge is 0.370 e. The molecule has 0 bridgehead atoms. The summed E-state index contributed by atoms with van der Waals surface area (Å²) in [7, 11) is 0. The van der Waals surface area contributed by atoms with Gasteiger partial charge < -0.3 is 5.73 Å². The van der Waals surface area contributed by atoms with Gasteiger partial charge >= 0.3 is 0 Å². The van der Waals surface area contributed by atoms with Gasteiger partial charge in [0.05, 0.1) is 0 Å². The second-order valence-corrected chi connectivity index (χ2v) is 2.34. The summed E-state index contributed by atoms with van der Waals surface area (Å²) >= 11 is 0. The average molecular weight is 175 g/mol. The zero-order valence-electron chi connectivity index (χ0n) is 9.48. The van der Waals surface area contributed by atoms with E-state index in [1.807, 2.05) is 13.8 Å². The second-order valence-electron chi connectivity index (χ2n) is 2.34. The van der Waals surface area contributed by atoms with E-state index in [0.717, 1.165) is 5.92 Å². The van der Waals surface area contributed by atoms with Crippen LogP contribution in [0.25, 0.3) is 0 Å². The molecule has 0 aliphatic heterocycles. The molecule has 0 atom stereocenters. The predicted octanol–water partition coefficient (Wildman–Crippen LogP) is 2.98. The fraction of sp³-hybridized carbons (Fsp3) is 0.700. The highest BCUT2D eigenvalue weighted by Crippen LogP contribution is 1.81. The van der Waals surface area contributed by atoms with Crippen LogP contribution in [0.2, 0.25) is 0 Å². The van der Waals surface area contributed by atoms with Crippen molar-refractivity contribution >= 4 is 5.91 Å². The molecule has 0 aromatic heterocycles. The van der Waals surface area contributed by atoms with Gasteiger partial charge in [-0.1, -0.05) is 34.6 Å². The van der Waals surface area contributed by atoms with E-state index in [1.165, 1.54) is 6.92 Å². The molecule has 0 aromatic carbocycles. The Labute approximate surface area is 77.9 Å². The fourth-order valence-corrected chi connectivity index (χ4v) is 0. The van der Waals surface area contributed by atoms with Crippen molar-refractivity contribution in [1.29, 1.82) is 0 Å². The molecule has 2 nitrogen and oxygen atoms in total. The lowest BCUT2D eigenvalue weighted by Crippen LogP contribution is -2.01. The standard InChI is InChI=1S/C4H10.C2H5NO.C2H6.C2H4/c1-4(2)3;1-2(3)4;2*1-2/h4H,1-3H3;1H3,(H2,3,4);1-2H3;1-2H2. The molecule has 0 heterocycles. The quantitative estimate of drug-likeness (QED) is 0.565. The molecule has 0 spiro atoms. The van der Waals surface area contributed by atoms with Gasteiger partial charge in [-0.15, -0.1) is 13.2 Å². The Hall–Kier alpha value is -0.790. The first-order chi connectivity index (χ1) is 5.46. The normalized spacial score (nSPS) is 5.92. The Morgan fingerprint density at radius 1 is 1.17 bits per heavy atom. The highest BCUT2D eigenvalue weighted by atomic mass is 16.1. The van der Waals surface area contributed by atoms with E-state index in [0.29, 0.717) is 0 Å². The van der Waals surface area contributed by atoms with E-state index >= 15 is 0 Å². The van der Waals surface area contributed by atoms with Crippen LogP contribution in [0.1, 0.15) is 41.5 Å².